The summed E-state index contributed by atoms with van der Waals surface area (Å²) in [6, 6.07) is 3.72. The van der Waals surface area contributed by atoms with Gasteiger partial charge in [0.15, 0.2) is 5.96 Å². The van der Waals surface area contributed by atoms with Gasteiger partial charge in [-0.05, 0) is 43.7 Å². The Bertz CT molecular complexity index is 504. The first-order valence-electron chi connectivity index (χ1n) is 9.06. The summed E-state index contributed by atoms with van der Waals surface area (Å²) in [6.45, 7) is 7.65. The molecule has 0 aliphatic carbocycles. The molecule has 0 amide bonds. The van der Waals surface area contributed by atoms with Crippen LogP contribution < -0.4 is 10.6 Å². The molecule has 7 heteroatoms. The molecule has 1 aliphatic rings. The van der Waals surface area contributed by atoms with E-state index in [4.69, 9.17) is 21.1 Å². The highest BCUT2D eigenvalue weighted by Gasteiger charge is 2.13. The first-order valence-corrected chi connectivity index (χ1v) is 9.44. The zero-order valence-electron chi connectivity index (χ0n) is 15.0. The highest BCUT2D eigenvalue weighted by molar-refractivity contribution is 6.29. The van der Waals surface area contributed by atoms with E-state index >= 15 is 0 Å². The third kappa shape index (κ3) is 8.52. The number of halogens is 1. The Morgan fingerprint density at radius 2 is 2.20 bits per heavy atom. The molecule has 0 unspecified atom stereocenters. The van der Waals surface area contributed by atoms with E-state index in [1.807, 2.05) is 6.07 Å². The molecule has 1 aromatic rings. The number of rotatable bonds is 9. The fourth-order valence-electron chi connectivity index (χ4n) is 2.56. The van der Waals surface area contributed by atoms with Crippen LogP contribution in [0.4, 0.5) is 0 Å². The molecule has 2 N–H and O–H groups in total. The summed E-state index contributed by atoms with van der Waals surface area (Å²) in [5.41, 5.74) is 1.03. The Morgan fingerprint density at radius 3 is 2.92 bits per heavy atom. The number of pyridine rings is 1. The van der Waals surface area contributed by atoms with Crippen LogP contribution >= 0.6 is 11.6 Å². The van der Waals surface area contributed by atoms with E-state index < -0.39 is 0 Å². The van der Waals surface area contributed by atoms with E-state index in [2.05, 4.69) is 27.5 Å². The molecule has 0 aromatic carbocycles. The van der Waals surface area contributed by atoms with Gasteiger partial charge in [0.2, 0.25) is 0 Å². The molecule has 6 nitrogen and oxygen atoms in total. The zero-order valence-corrected chi connectivity index (χ0v) is 15.7. The van der Waals surface area contributed by atoms with Gasteiger partial charge in [0, 0.05) is 45.7 Å². The van der Waals surface area contributed by atoms with Crippen molar-refractivity contribution in [2.75, 3.05) is 39.5 Å². The van der Waals surface area contributed by atoms with Gasteiger partial charge in [-0.25, -0.2) is 9.98 Å². The Hall–Kier alpha value is -1.37. The fourth-order valence-corrected chi connectivity index (χ4v) is 2.67. The van der Waals surface area contributed by atoms with Gasteiger partial charge in [0.1, 0.15) is 5.15 Å². The monoisotopic (exact) mass is 368 g/mol. The molecule has 0 saturated carbocycles. The average molecular weight is 369 g/mol. The van der Waals surface area contributed by atoms with Crippen LogP contribution in [0.15, 0.2) is 23.3 Å². The maximum atomic E-state index is 5.79. The third-order valence-electron chi connectivity index (χ3n) is 4.00. The van der Waals surface area contributed by atoms with Crippen molar-refractivity contribution in [3.05, 3.63) is 29.0 Å². The highest BCUT2D eigenvalue weighted by atomic mass is 35.5. The van der Waals surface area contributed by atoms with Crippen LogP contribution in [0.5, 0.6) is 0 Å². The number of hydrogen-bond acceptors (Lipinski definition) is 4. The highest BCUT2D eigenvalue weighted by Crippen LogP contribution is 2.14. The number of aromatic nitrogens is 1. The van der Waals surface area contributed by atoms with E-state index in [1.165, 1.54) is 0 Å². The number of nitrogens with zero attached hydrogens (tertiary/aromatic N) is 2. The van der Waals surface area contributed by atoms with Gasteiger partial charge in [0.25, 0.3) is 0 Å². The maximum Gasteiger partial charge on any atom is 0.191 e. The maximum absolute atomic E-state index is 5.79. The molecular weight excluding hydrogens is 340 g/mol. The second-order valence-corrected chi connectivity index (χ2v) is 6.48. The van der Waals surface area contributed by atoms with E-state index in [9.17, 15) is 0 Å². The van der Waals surface area contributed by atoms with Crippen LogP contribution in [0.2, 0.25) is 5.15 Å². The molecule has 0 bridgehead atoms. The molecule has 0 spiro atoms. The Balaban J connectivity index is 1.61. The van der Waals surface area contributed by atoms with E-state index in [1.54, 1.807) is 12.3 Å². The predicted octanol–water partition coefficient (Wildman–Crippen LogP) is 2.62. The van der Waals surface area contributed by atoms with Crippen molar-refractivity contribution < 1.29 is 9.47 Å². The smallest absolute Gasteiger partial charge is 0.191 e. The van der Waals surface area contributed by atoms with Gasteiger partial charge in [-0.15, -0.1) is 0 Å². The first-order chi connectivity index (χ1) is 12.3. The topological polar surface area (TPSA) is 67.8 Å². The van der Waals surface area contributed by atoms with Crippen LogP contribution in [-0.2, 0) is 16.0 Å². The van der Waals surface area contributed by atoms with Crippen molar-refractivity contribution in [1.29, 1.82) is 0 Å². The zero-order chi connectivity index (χ0) is 17.7. The van der Waals surface area contributed by atoms with Crippen molar-refractivity contribution in [2.45, 2.75) is 32.7 Å². The predicted molar refractivity (Wildman–Crippen MR) is 101 cm³/mol. The summed E-state index contributed by atoms with van der Waals surface area (Å²) in [7, 11) is 0. The largest absolute Gasteiger partial charge is 0.381 e. The summed E-state index contributed by atoms with van der Waals surface area (Å²) < 4.78 is 11.1. The molecule has 0 atom stereocenters. The molecule has 1 saturated heterocycles. The van der Waals surface area contributed by atoms with Crippen molar-refractivity contribution in [2.24, 2.45) is 10.9 Å². The quantitative estimate of drug-likeness (QED) is 0.303. The van der Waals surface area contributed by atoms with Crippen LogP contribution in [0.25, 0.3) is 0 Å². The Kier molecular flexibility index (Phi) is 9.62. The molecular formula is C18H29ClN4O2. The molecule has 2 rings (SSSR count). The van der Waals surface area contributed by atoms with E-state index in [-0.39, 0.29) is 0 Å². The summed E-state index contributed by atoms with van der Waals surface area (Å²) in [6.07, 6.45) is 4.94. The van der Waals surface area contributed by atoms with Gasteiger partial charge < -0.3 is 20.1 Å². The van der Waals surface area contributed by atoms with Crippen molar-refractivity contribution in [3.63, 3.8) is 0 Å². The molecule has 140 valence electrons. The first kappa shape index (κ1) is 19.9. The lowest BCUT2D eigenvalue weighted by atomic mass is 10.0. The third-order valence-corrected chi connectivity index (χ3v) is 4.23. The van der Waals surface area contributed by atoms with Gasteiger partial charge in [-0.2, -0.15) is 0 Å². The van der Waals surface area contributed by atoms with E-state index in [0.29, 0.717) is 17.6 Å². The average Bonchev–Trinajstić information content (AvgIpc) is 2.64. The number of ether oxygens (including phenoxy) is 2. The minimum atomic E-state index is 0.499. The molecule has 2 heterocycles. The van der Waals surface area contributed by atoms with Crippen LogP contribution in [-0.4, -0.2) is 50.5 Å². The molecule has 1 aromatic heterocycles. The summed E-state index contributed by atoms with van der Waals surface area (Å²) in [4.78, 5) is 8.63. The van der Waals surface area contributed by atoms with Gasteiger partial charge in [-0.3, -0.25) is 0 Å². The lowest BCUT2D eigenvalue weighted by molar-refractivity contribution is 0.0203. The number of nitrogens with one attached hydrogen (secondary N) is 2. The second kappa shape index (κ2) is 12.1. The Morgan fingerprint density at radius 1 is 1.36 bits per heavy atom. The number of hydrogen-bond donors (Lipinski definition) is 2. The molecule has 1 fully saturated rings. The second-order valence-electron chi connectivity index (χ2n) is 6.10. The van der Waals surface area contributed by atoms with Crippen molar-refractivity contribution >= 4 is 17.6 Å². The number of guanidine groups is 1. The van der Waals surface area contributed by atoms with E-state index in [0.717, 1.165) is 70.3 Å². The molecule has 0 radical (unpaired) electrons. The summed E-state index contributed by atoms with van der Waals surface area (Å²) in [5.74, 6) is 1.47. The SMILES string of the molecule is CCNC(=NCc1ccc(Cl)nc1)NCCCOCC1CCOCC1. The van der Waals surface area contributed by atoms with Gasteiger partial charge >= 0.3 is 0 Å². The summed E-state index contributed by atoms with van der Waals surface area (Å²) in [5, 5.41) is 7.08. The normalized spacial score (nSPS) is 16.0. The minimum absolute atomic E-state index is 0.499. The van der Waals surface area contributed by atoms with Crippen LogP contribution in [0.3, 0.4) is 0 Å². The van der Waals surface area contributed by atoms with Gasteiger partial charge in [-0.1, -0.05) is 17.7 Å². The summed E-state index contributed by atoms with van der Waals surface area (Å²) >= 11 is 5.79. The lowest BCUT2D eigenvalue weighted by Gasteiger charge is -2.21. The number of aliphatic imine (C=N–C) groups is 1. The van der Waals surface area contributed by atoms with Gasteiger partial charge in [0.05, 0.1) is 6.54 Å². The van der Waals surface area contributed by atoms with Crippen LogP contribution in [0, 0.1) is 5.92 Å². The fraction of sp³-hybridized carbons (Fsp3) is 0.667. The Labute approximate surface area is 155 Å². The minimum Gasteiger partial charge on any atom is -0.381 e. The van der Waals surface area contributed by atoms with Crippen LogP contribution in [0.1, 0.15) is 31.7 Å². The standard InChI is InChI=1S/C18H29ClN4O2/c1-2-20-18(23-13-16-4-5-17(19)22-12-16)21-8-3-9-25-14-15-6-10-24-11-7-15/h4-5,12,15H,2-3,6-11,13-14H2,1H3,(H2,20,21,23). The molecule has 1 aliphatic heterocycles. The van der Waals surface area contributed by atoms with Crippen molar-refractivity contribution in [1.82, 2.24) is 15.6 Å². The lowest BCUT2D eigenvalue weighted by Crippen LogP contribution is -2.38. The van der Waals surface area contributed by atoms with Crippen molar-refractivity contribution in [3.8, 4) is 0 Å². The molecule has 25 heavy (non-hydrogen) atoms.